The average Bonchev–Trinajstić information content (AvgIpc) is 2.28. The van der Waals surface area contributed by atoms with E-state index in [2.05, 4.69) is 36.1 Å². The van der Waals surface area contributed by atoms with Crippen LogP contribution in [-0.4, -0.2) is 37.0 Å². The van der Waals surface area contributed by atoms with Crippen LogP contribution in [0.1, 0.15) is 5.56 Å². The van der Waals surface area contributed by atoms with E-state index in [0.29, 0.717) is 5.17 Å². The molecule has 0 radical (unpaired) electrons. The Morgan fingerprint density at radius 3 is 2.44 bits per heavy atom. The van der Waals surface area contributed by atoms with Crippen molar-refractivity contribution in [2.75, 3.05) is 26.9 Å². The largest absolute Gasteiger partial charge is 0.378 e. The fourth-order valence-corrected chi connectivity index (χ4v) is 1.46. The van der Waals surface area contributed by atoms with Crippen LogP contribution in [-0.2, 0) is 6.42 Å². The van der Waals surface area contributed by atoms with Gasteiger partial charge >= 0.3 is 0 Å². The molecule has 16 heavy (non-hydrogen) atoms. The Morgan fingerprint density at radius 1 is 1.31 bits per heavy atom. The van der Waals surface area contributed by atoms with Gasteiger partial charge in [0.2, 0.25) is 0 Å². The molecule has 3 nitrogen and oxygen atoms in total. The van der Waals surface area contributed by atoms with Crippen molar-refractivity contribution < 1.29 is 0 Å². The number of nitrogens with zero attached hydrogens (tertiary/aromatic N) is 2. The molecule has 4 heteroatoms. The molecule has 1 rings (SSSR count). The Labute approximate surface area is 102 Å². The quantitative estimate of drug-likeness (QED) is 0.644. The molecule has 0 fully saturated rings. The van der Waals surface area contributed by atoms with Crippen molar-refractivity contribution in [1.82, 2.24) is 4.90 Å². The van der Waals surface area contributed by atoms with Crippen molar-refractivity contribution >= 4 is 22.6 Å². The fourth-order valence-electron chi connectivity index (χ4n) is 1.26. The summed E-state index contributed by atoms with van der Waals surface area (Å²) >= 11 is 1.46. The molecule has 0 saturated heterocycles. The molecule has 0 bridgehead atoms. The summed E-state index contributed by atoms with van der Waals surface area (Å²) in [5, 5.41) is 0.598. The Hall–Kier alpha value is -1.00. The highest BCUT2D eigenvalue weighted by Gasteiger charge is 1.96. The summed E-state index contributed by atoms with van der Waals surface area (Å²) in [5.41, 5.74) is 7.89. The number of amidine groups is 1. The molecule has 0 amide bonds. The van der Waals surface area contributed by atoms with Gasteiger partial charge in [0.25, 0.3) is 0 Å². The third-order valence-corrected chi connectivity index (χ3v) is 2.74. The van der Waals surface area contributed by atoms with Crippen LogP contribution in [0.25, 0.3) is 0 Å². The SMILES string of the molecule is CSC(N)=Nc1ccc(CCN(C)C)cc1. The van der Waals surface area contributed by atoms with Crippen LogP contribution < -0.4 is 5.73 Å². The van der Waals surface area contributed by atoms with Crippen LogP contribution in [0.3, 0.4) is 0 Å². The summed E-state index contributed by atoms with van der Waals surface area (Å²) in [6, 6.07) is 8.23. The van der Waals surface area contributed by atoms with E-state index in [0.717, 1.165) is 18.7 Å². The number of hydrogen-bond donors (Lipinski definition) is 1. The summed E-state index contributed by atoms with van der Waals surface area (Å²) in [6.07, 6.45) is 2.99. The smallest absolute Gasteiger partial charge is 0.158 e. The third-order valence-electron chi connectivity index (χ3n) is 2.23. The Kier molecular flexibility index (Phi) is 5.35. The molecular weight excluding hydrogens is 218 g/mol. The lowest BCUT2D eigenvalue weighted by Crippen LogP contribution is -2.14. The molecule has 1 aromatic rings. The number of likely N-dealkylation sites (N-methyl/N-ethyl adjacent to an activating group) is 1. The van der Waals surface area contributed by atoms with E-state index in [1.54, 1.807) is 0 Å². The standard InChI is InChI=1S/C12H19N3S/c1-15(2)9-8-10-4-6-11(7-5-10)14-12(13)16-3/h4-7H,8-9H2,1-3H3,(H2,13,14). The molecular formula is C12H19N3S. The minimum absolute atomic E-state index is 0.598. The van der Waals surface area contributed by atoms with Crippen molar-refractivity contribution in [3.8, 4) is 0 Å². The van der Waals surface area contributed by atoms with Gasteiger partial charge < -0.3 is 10.6 Å². The minimum Gasteiger partial charge on any atom is -0.378 e. The first-order valence-electron chi connectivity index (χ1n) is 5.23. The second kappa shape index (κ2) is 6.55. The highest BCUT2D eigenvalue weighted by molar-refractivity contribution is 8.13. The number of aliphatic imine (C=N–C) groups is 1. The van der Waals surface area contributed by atoms with Crippen molar-refractivity contribution in [1.29, 1.82) is 0 Å². The Bertz CT molecular complexity index is 344. The van der Waals surface area contributed by atoms with Gasteiger partial charge in [0.15, 0.2) is 5.17 Å². The first-order valence-corrected chi connectivity index (χ1v) is 6.46. The lowest BCUT2D eigenvalue weighted by atomic mass is 10.1. The molecule has 0 aliphatic carbocycles. The summed E-state index contributed by atoms with van der Waals surface area (Å²) in [4.78, 5) is 6.44. The second-order valence-electron chi connectivity index (χ2n) is 3.87. The minimum atomic E-state index is 0.598. The van der Waals surface area contributed by atoms with Crippen LogP contribution in [0, 0.1) is 0 Å². The second-order valence-corrected chi connectivity index (χ2v) is 4.70. The maximum atomic E-state index is 5.65. The van der Waals surface area contributed by atoms with E-state index in [9.17, 15) is 0 Å². The van der Waals surface area contributed by atoms with Gasteiger partial charge in [-0.15, -0.1) is 0 Å². The average molecular weight is 237 g/mol. The number of benzene rings is 1. The van der Waals surface area contributed by atoms with Gasteiger partial charge in [-0.3, -0.25) is 0 Å². The molecule has 1 aromatic carbocycles. The summed E-state index contributed by atoms with van der Waals surface area (Å²) < 4.78 is 0. The van der Waals surface area contributed by atoms with Gasteiger partial charge in [-0.2, -0.15) is 0 Å². The maximum Gasteiger partial charge on any atom is 0.158 e. The zero-order valence-corrected chi connectivity index (χ0v) is 10.9. The van der Waals surface area contributed by atoms with Gasteiger partial charge in [-0.1, -0.05) is 23.9 Å². The molecule has 0 atom stereocenters. The first-order chi connectivity index (χ1) is 7.61. The predicted octanol–water partition coefficient (Wildman–Crippen LogP) is 2.10. The van der Waals surface area contributed by atoms with Crippen molar-refractivity contribution in [3.63, 3.8) is 0 Å². The molecule has 0 saturated carbocycles. The fraction of sp³-hybridized carbons (Fsp3) is 0.417. The molecule has 0 aliphatic heterocycles. The number of nitrogens with two attached hydrogens (primary N) is 1. The van der Waals surface area contributed by atoms with E-state index < -0.39 is 0 Å². The lowest BCUT2D eigenvalue weighted by Gasteiger charge is -2.09. The van der Waals surface area contributed by atoms with E-state index in [4.69, 9.17) is 5.73 Å². The molecule has 0 aliphatic rings. The highest BCUT2D eigenvalue weighted by atomic mass is 32.2. The van der Waals surface area contributed by atoms with Gasteiger partial charge in [0.1, 0.15) is 0 Å². The summed E-state index contributed by atoms with van der Waals surface area (Å²) in [5.74, 6) is 0. The van der Waals surface area contributed by atoms with Gasteiger partial charge in [-0.25, -0.2) is 4.99 Å². The zero-order valence-electron chi connectivity index (χ0n) is 10.1. The van der Waals surface area contributed by atoms with Crippen LogP contribution >= 0.6 is 11.8 Å². The van der Waals surface area contributed by atoms with Crippen molar-refractivity contribution in [2.45, 2.75) is 6.42 Å². The van der Waals surface area contributed by atoms with Gasteiger partial charge in [0, 0.05) is 6.54 Å². The number of thioether (sulfide) groups is 1. The van der Waals surface area contributed by atoms with Crippen LogP contribution in [0.15, 0.2) is 29.3 Å². The van der Waals surface area contributed by atoms with Crippen molar-refractivity contribution in [2.24, 2.45) is 10.7 Å². The van der Waals surface area contributed by atoms with E-state index in [1.807, 2.05) is 18.4 Å². The summed E-state index contributed by atoms with van der Waals surface area (Å²) in [7, 11) is 4.16. The van der Waals surface area contributed by atoms with E-state index in [-0.39, 0.29) is 0 Å². The van der Waals surface area contributed by atoms with Crippen molar-refractivity contribution in [3.05, 3.63) is 29.8 Å². The monoisotopic (exact) mass is 237 g/mol. The molecule has 0 heterocycles. The van der Waals surface area contributed by atoms with Crippen LogP contribution in [0.4, 0.5) is 5.69 Å². The molecule has 0 aromatic heterocycles. The highest BCUT2D eigenvalue weighted by Crippen LogP contribution is 2.14. The number of rotatable bonds is 4. The molecule has 88 valence electrons. The first kappa shape index (κ1) is 13.1. The predicted molar refractivity (Wildman–Crippen MR) is 73.5 cm³/mol. The Balaban J connectivity index is 2.61. The molecule has 0 spiro atoms. The Morgan fingerprint density at radius 2 is 1.94 bits per heavy atom. The van der Waals surface area contributed by atoms with Crippen LogP contribution in [0.2, 0.25) is 0 Å². The molecule has 2 N–H and O–H groups in total. The zero-order chi connectivity index (χ0) is 12.0. The van der Waals surface area contributed by atoms with Gasteiger partial charge in [-0.05, 0) is 44.5 Å². The molecule has 0 unspecified atom stereocenters. The normalized spacial score (nSPS) is 12.1. The maximum absolute atomic E-state index is 5.65. The van der Waals surface area contributed by atoms with E-state index in [1.165, 1.54) is 17.3 Å². The van der Waals surface area contributed by atoms with Gasteiger partial charge in [0.05, 0.1) is 5.69 Å². The number of hydrogen-bond acceptors (Lipinski definition) is 3. The lowest BCUT2D eigenvalue weighted by molar-refractivity contribution is 0.413. The summed E-state index contributed by atoms with van der Waals surface area (Å²) in [6.45, 7) is 1.07. The third kappa shape index (κ3) is 4.68. The van der Waals surface area contributed by atoms with Crippen LogP contribution in [0.5, 0.6) is 0 Å². The van der Waals surface area contributed by atoms with E-state index >= 15 is 0 Å². The topological polar surface area (TPSA) is 41.6 Å².